The van der Waals surface area contributed by atoms with E-state index in [2.05, 4.69) is 38.9 Å². The van der Waals surface area contributed by atoms with Crippen molar-refractivity contribution in [3.63, 3.8) is 0 Å². The zero-order chi connectivity index (χ0) is 20.3. The van der Waals surface area contributed by atoms with Crippen LogP contribution in [0.1, 0.15) is 17.7 Å². The molecule has 2 saturated heterocycles. The van der Waals surface area contributed by atoms with Gasteiger partial charge in [0.15, 0.2) is 0 Å². The molecule has 1 aromatic carbocycles. The van der Waals surface area contributed by atoms with E-state index in [1.807, 2.05) is 36.4 Å². The summed E-state index contributed by atoms with van der Waals surface area (Å²) in [5.41, 5.74) is 1.21. The molecule has 0 saturated carbocycles. The summed E-state index contributed by atoms with van der Waals surface area (Å²) in [7, 11) is 3.82. The number of pyridine rings is 1. The molecule has 0 radical (unpaired) electrons. The Kier molecular flexibility index (Phi) is 6.15. The number of aliphatic hydroxyl groups is 1. The Balaban J connectivity index is 1.56. The molecule has 29 heavy (non-hydrogen) atoms. The molecule has 0 spiro atoms. The lowest BCUT2D eigenvalue weighted by atomic mass is 9.79. The largest absolute Gasteiger partial charge is 0.481 e. The van der Waals surface area contributed by atoms with Gasteiger partial charge in [-0.25, -0.2) is 4.98 Å². The fourth-order valence-electron chi connectivity index (χ4n) is 4.63. The standard InChI is InChI=1S/C23H32N4O2/c1-25-13-15-27(16-14-25)21-18-26(17-20-9-6-10-22(24-20)29-2)12-11-23(21,28)19-7-4-3-5-8-19/h3-10,21,28H,11-18H2,1-2H3/t21-,23+/m1/s1. The number of likely N-dealkylation sites (N-methyl/N-ethyl adjacent to an activating group) is 1. The number of piperazine rings is 1. The van der Waals surface area contributed by atoms with Crippen molar-refractivity contribution >= 4 is 0 Å². The highest BCUT2D eigenvalue weighted by molar-refractivity contribution is 5.26. The van der Waals surface area contributed by atoms with Crippen LogP contribution in [0.4, 0.5) is 0 Å². The van der Waals surface area contributed by atoms with Gasteiger partial charge in [0.05, 0.1) is 18.8 Å². The third-order valence-electron chi connectivity index (χ3n) is 6.42. The molecule has 1 aromatic heterocycles. The SMILES string of the molecule is COc1cccc(CN2CC[C@](O)(c3ccccc3)[C@H](N3CCN(C)CC3)C2)n1. The quantitative estimate of drug-likeness (QED) is 0.832. The molecule has 156 valence electrons. The van der Waals surface area contributed by atoms with E-state index in [4.69, 9.17) is 4.74 Å². The topological polar surface area (TPSA) is 52.1 Å². The molecule has 0 aliphatic carbocycles. The Morgan fingerprint density at radius 1 is 1.03 bits per heavy atom. The minimum absolute atomic E-state index is 0.0676. The van der Waals surface area contributed by atoms with E-state index in [0.29, 0.717) is 5.88 Å². The summed E-state index contributed by atoms with van der Waals surface area (Å²) in [6.45, 7) is 6.50. The van der Waals surface area contributed by atoms with E-state index >= 15 is 0 Å². The van der Waals surface area contributed by atoms with Crippen LogP contribution in [0, 0.1) is 0 Å². The van der Waals surface area contributed by atoms with Gasteiger partial charge in [0.25, 0.3) is 0 Å². The van der Waals surface area contributed by atoms with Crippen LogP contribution in [0.2, 0.25) is 0 Å². The average molecular weight is 397 g/mol. The summed E-state index contributed by atoms with van der Waals surface area (Å²) >= 11 is 0. The van der Waals surface area contributed by atoms with Gasteiger partial charge >= 0.3 is 0 Å². The van der Waals surface area contributed by atoms with Gasteiger partial charge in [0.2, 0.25) is 5.88 Å². The summed E-state index contributed by atoms with van der Waals surface area (Å²) in [5, 5.41) is 11.9. The molecule has 6 heteroatoms. The molecule has 6 nitrogen and oxygen atoms in total. The Hall–Kier alpha value is -1.99. The van der Waals surface area contributed by atoms with Crippen molar-refractivity contribution in [3.8, 4) is 5.88 Å². The van der Waals surface area contributed by atoms with Gasteiger partial charge < -0.3 is 14.7 Å². The molecule has 0 unspecified atom stereocenters. The minimum atomic E-state index is -0.824. The first-order chi connectivity index (χ1) is 14.1. The third-order valence-corrected chi connectivity index (χ3v) is 6.42. The van der Waals surface area contributed by atoms with Crippen LogP contribution < -0.4 is 4.74 Å². The van der Waals surface area contributed by atoms with Crippen LogP contribution in [0.25, 0.3) is 0 Å². The number of benzene rings is 1. The second-order valence-electron chi connectivity index (χ2n) is 8.30. The predicted molar refractivity (Wildman–Crippen MR) is 114 cm³/mol. The molecule has 2 fully saturated rings. The number of hydrogen-bond acceptors (Lipinski definition) is 6. The molecule has 3 heterocycles. The molecule has 2 aliphatic heterocycles. The van der Waals surface area contributed by atoms with Gasteiger partial charge in [-0.1, -0.05) is 36.4 Å². The monoisotopic (exact) mass is 396 g/mol. The maximum atomic E-state index is 11.9. The van der Waals surface area contributed by atoms with Gasteiger partial charge in [-0.3, -0.25) is 9.80 Å². The number of ether oxygens (including phenoxy) is 1. The Morgan fingerprint density at radius 2 is 1.79 bits per heavy atom. The van der Waals surface area contributed by atoms with Gasteiger partial charge in [-0.2, -0.15) is 0 Å². The molecular weight excluding hydrogens is 364 g/mol. The fraction of sp³-hybridized carbons (Fsp3) is 0.522. The zero-order valence-corrected chi connectivity index (χ0v) is 17.5. The van der Waals surface area contributed by atoms with Crippen molar-refractivity contribution in [2.45, 2.75) is 24.6 Å². The number of hydrogen-bond donors (Lipinski definition) is 1. The maximum absolute atomic E-state index is 11.9. The van der Waals surface area contributed by atoms with E-state index in [0.717, 1.165) is 63.5 Å². The Bertz CT molecular complexity index is 794. The molecule has 0 amide bonds. The van der Waals surface area contributed by atoms with Crippen LogP contribution in [-0.4, -0.2) is 84.3 Å². The second kappa shape index (κ2) is 8.79. The van der Waals surface area contributed by atoms with Gasteiger partial charge in [0.1, 0.15) is 5.60 Å². The van der Waals surface area contributed by atoms with Crippen LogP contribution >= 0.6 is 0 Å². The first-order valence-corrected chi connectivity index (χ1v) is 10.5. The predicted octanol–water partition coefficient (Wildman–Crippen LogP) is 1.80. The summed E-state index contributed by atoms with van der Waals surface area (Å²) < 4.78 is 5.28. The number of rotatable bonds is 5. The number of methoxy groups -OCH3 is 1. The van der Waals surface area contributed by atoms with Crippen molar-refractivity contribution in [2.75, 3.05) is 53.4 Å². The van der Waals surface area contributed by atoms with Gasteiger partial charge in [-0.15, -0.1) is 0 Å². The van der Waals surface area contributed by atoms with Gasteiger partial charge in [-0.05, 0) is 25.1 Å². The van der Waals surface area contributed by atoms with Crippen LogP contribution in [-0.2, 0) is 12.1 Å². The van der Waals surface area contributed by atoms with Crippen molar-refractivity contribution in [2.24, 2.45) is 0 Å². The molecule has 4 rings (SSSR count). The highest BCUT2D eigenvalue weighted by Crippen LogP contribution is 2.36. The number of likely N-dealkylation sites (tertiary alicyclic amines) is 1. The number of nitrogens with zero attached hydrogens (tertiary/aromatic N) is 4. The summed E-state index contributed by atoms with van der Waals surface area (Å²) in [5.74, 6) is 0.649. The van der Waals surface area contributed by atoms with Crippen LogP contribution in [0.5, 0.6) is 5.88 Å². The second-order valence-corrected chi connectivity index (χ2v) is 8.30. The number of piperidine rings is 1. The minimum Gasteiger partial charge on any atom is -0.481 e. The van der Waals surface area contributed by atoms with Crippen LogP contribution in [0.3, 0.4) is 0 Å². The summed E-state index contributed by atoms with van der Waals surface area (Å²) in [4.78, 5) is 11.8. The first-order valence-electron chi connectivity index (χ1n) is 10.5. The lowest BCUT2D eigenvalue weighted by molar-refractivity contribution is -0.108. The first kappa shape index (κ1) is 20.3. The average Bonchev–Trinajstić information content (AvgIpc) is 2.76. The van der Waals surface area contributed by atoms with Crippen LogP contribution in [0.15, 0.2) is 48.5 Å². The lowest BCUT2D eigenvalue weighted by Crippen LogP contribution is -2.63. The fourth-order valence-corrected chi connectivity index (χ4v) is 4.63. The molecular formula is C23H32N4O2. The number of aromatic nitrogens is 1. The van der Waals surface area contributed by atoms with Crippen molar-refractivity contribution in [1.29, 1.82) is 0 Å². The molecule has 2 aliphatic rings. The van der Waals surface area contributed by atoms with E-state index in [1.165, 1.54) is 0 Å². The van der Waals surface area contributed by atoms with Gasteiger partial charge in [0, 0.05) is 51.9 Å². The van der Waals surface area contributed by atoms with E-state index in [9.17, 15) is 5.11 Å². The molecule has 1 N–H and O–H groups in total. The Morgan fingerprint density at radius 3 is 2.52 bits per heavy atom. The lowest BCUT2D eigenvalue weighted by Gasteiger charge is -2.51. The Labute approximate surface area is 173 Å². The third kappa shape index (κ3) is 4.46. The maximum Gasteiger partial charge on any atom is 0.213 e. The zero-order valence-electron chi connectivity index (χ0n) is 17.5. The highest BCUT2D eigenvalue weighted by Gasteiger charge is 2.46. The molecule has 0 bridgehead atoms. The molecule has 2 aromatic rings. The summed E-state index contributed by atoms with van der Waals surface area (Å²) in [6.07, 6.45) is 0.720. The van der Waals surface area contributed by atoms with E-state index in [-0.39, 0.29) is 6.04 Å². The van der Waals surface area contributed by atoms with Crippen molar-refractivity contribution < 1.29 is 9.84 Å². The van der Waals surface area contributed by atoms with E-state index < -0.39 is 5.60 Å². The normalized spacial score (nSPS) is 27.1. The highest BCUT2D eigenvalue weighted by atomic mass is 16.5. The van der Waals surface area contributed by atoms with Crippen molar-refractivity contribution in [3.05, 3.63) is 59.8 Å². The van der Waals surface area contributed by atoms with E-state index in [1.54, 1.807) is 7.11 Å². The summed E-state index contributed by atoms with van der Waals surface area (Å²) in [6, 6.07) is 16.2. The van der Waals surface area contributed by atoms with Crippen molar-refractivity contribution in [1.82, 2.24) is 19.7 Å². The smallest absolute Gasteiger partial charge is 0.213 e. The molecule has 2 atom stereocenters.